The standard InChI is InChI=1S/C22H23N3/c1-16-7-6-10-19(17(16)2)14-25-12-11-21-20(15-25)13-23-22(24-21)18-8-4-3-5-9-18/h3-10,13H,11-12,14-15H2,1-2H3. The Kier molecular flexibility index (Phi) is 4.33. The average Bonchev–Trinajstić information content (AvgIpc) is 2.66. The fourth-order valence-corrected chi connectivity index (χ4v) is 3.46. The van der Waals surface area contributed by atoms with E-state index in [2.05, 4.69) is 54.1 Å². The van der Waals surface area contributed by atoms with Crippen molar-refractivity contribution >= 4 is 0 Å². The molecule has 0 N–H and O–H groups in total. The van der Waals surface area contributed by atoms with Crippen LogP contribution in [0.2, 0.25) is 0 Å². The summed E-state index contributed by atoms with van der Waals surface area (Å²) in [5.41, 5.74) is 7.74. The first-order chi connectivity index (χ1) is 12.2. The number of benzene rings is 2. The van der Waals surface area contributed by atoms with Crippen LogP contribution in [0.1, 0.15) is 27.9 Å². The first-order valence-electron chi connectivity index (χ1n) is 8.88. The molecule has 126 valence electrons. The SMILES string of the molecule is Cc1cccc(CN2CCc3nc(-c4ccccc4)ncc3C2)c1C. The predicted molar refractivity (Wildman–Crippen MR) is 101 cm³/mol. The van der Waals surface area contributed by atoms with Gasteiger partial charge in [0.05, 0.1) is 5.69 Å². The zero-order valence-corrected chi connectivity index (χ0v) is 14.9. The van der Waals surface area contributed by atoms with Crippen LogP contribution in [0.4, 0.5) is 0 Å². The van der Waals surface area contributed by atoms with Gasteiger partial charge in [-0.05, 0) is 30.5 Å². The molecule has 25 heavy (non-hydrogen) atoms. The van der Waals surface area contributed by atoms with Crippen LogP contribution in [0.15, 0.2) is 54.7 Å². The summed E-state index contributed by atoms with van der Waals surface area (Å²) in [7, 11) is 0. The first kappa shape index (κ1) is 16.0. The second-order valence-electron chi connectivity index (χ2n) is 6.85. The lowest BCUT2D eigenvalue weighted by Crippen LogP contribution is -2.31. The largest absolute Gasteiger partial charge is 0.294 e. The Morgan fingerprint density at radius 2 is 1.84 bits per heavy atom. The number of hydrogen-bond donors (Lipinski definition) is 0. The molecule has 0 saturated carbocycles. The van der Waals surface area contributed by atoms with Gasteiger partial charge in [0.1, 0.15) is 0 Å². The molecule has 3 aromatic rings. The van der Waals surface area contributed by atoms with Crippen LogP contribution in [-0.2, 0) is 19.5 Å². The highest BCUT2D eigenvalue weighted by molar-refractivity contribution is 5.54. The Balaban J connectivity index is 1.53. The minimum Gasteiger partial charge on any atom is -0.294 e. The van der Waals surface area contributed by atoms with Gasteiger partial charge >= 0.3 is 0 Å². The smallest absolute Gasteiger partial charge is 0.159 e. The molecule has 0 atom stereocenters. The molecule has 1 aliphatic rings. The van der Waals surface area contributed by atoms with E-state index in [0.717, 1.165) is 37.4 Å². The molecule has 0 amide bonds. The van der Waals surface area contributed by atoms with Gasteiger partial charge in [0.25, 0.3) is 0 Å². The van der Waals surface area contributed by atoms with E-state index < -0.39 is 0 Å². The van der Waals surface area contributed by atoms with Gasteiger partial charge in [-0.1, -0.05) is 48.5 Å². The molecule has 0 fully saturated rings. The van der Waals surface area contributed by atoms with Crippen LogP contribution in [0.25, 0.3) is 11.4 Å². The second kappa shape index (κ2) is 6.77. The maximum absolute atomic E-state index is 4.82. The van der Waals surface area contributed by atoms with E-state index in [1.807, 2.05) is 24.4 Å². The number of hydrogen-bond acceptors (Lipinski definition) is 3. The molecule has 0 unspecified atom stereocenters. The molecule has 0 bridgehead atoms. The molecule has 3 heteroatoms. The lowest BCUT2D eigenvalue weighted by atomic mass is 10.0. The molecule has 4 rings (SSSR count). The van der Waals surface area contributed by atoms with Crippen molar-refractivity contribution in [2.75, 3.05) is 6.54 Å². The average molecular weight is 329 g/mol. The molecule has 2 aromatic carbocycles. The van der Waals surface area contributed by atoms with Crippen LogP contribution in [-0.4, -0.2) is 21.4 Å². The molecule has 0 spiro atoms. The monoisotopic (exact) mass is 329 g/mol. The van der Waals surface area contributed by atoms with Crippen molar-refractivity contribution in [1.29, 1.82) is 0 Å². The summed E-state index contributed by atoms with van der Waals surface area (Å²) >= 11 is 0. The molecule has 1 aromatic heterocycles. The maximum atomic E-state index is 4.82. The minimum atomic E-state index is 0.835. The van der Waals surface area contributed by atoms with E-state index in [1.165, 1.54) is 27.9 Å². The van der Waals surface area contributed by atoms with Gasteiger partial charge in [0, 0.05) is 43.4 Å². The van der Waals surface area contributed by atoms with Gasteiger partial charge in [-0.2, -0.15) is 0 Å². The molecule has 2 heterocycles. The van der Waals surface area contributed by atoms with Gasteiger partial charge < -0.3 is 0 Å². The predicted octanol–water partition coefficient (Wildman–Crippen LogP) is 4.32. The minimum absolute atomic E-state index is 0.835. The normalized spacial score (nSPS) is 14.3. The lowest BCUT2D eigenvalue weighted by Gasteiger charge is -2.28. The molecule has 3 nitrogen and oxygen atoms in total. The Hall–Kier alpha value is -2.52. The van der Waals surface area contributed by atoms with Crippen LogP contribution in [0.3, 0.4) is 0 Å². The third-order valence-electron chi connectivity index (χ3n) is 5.16. The maximum Gasteiger partial charge on any atom is 0.159 e. The third-order valence-corrected chi connectivity index (χ3v) is 5.16. The number of fused-ring (bicyclic) bond motifs is 1. The highest BCUT2D eigenvalue weighted by Gasteiger charge is 2.19. The number of aromatic nitrogens is 2. The van der Waals surface area contributed by atoms with Gasteiger partial charge in [0.15, 0.2) is 5.82 Å². The molecule has 0 aliphatic carbocycles. The van der Waals surface area contributed by atoms with Gasteiger partial charge in [-0.15, -0.1) is 0 Å². The Bertz CT molecular complexity index is 887. The molecular weight excluding hydrogens is 306 g/mol. The van der Waals surface area contributed by atoms with Gasteiger partial charge in [-0.25, -0.2) is 9.97 Å². The Morgan fingerprint density at radius 3 is 2.68 bits per heavy atom. The van der Waals surface area contributed by atoms with Crippen molar-refractivity contribution in [1.82, 2.24) is 14.9 Å². The van der Waals surface area contributed by atoms with Crippen LogP contribution >= 0.6 is 0 Å². The van der Waals surface area contributed by atoms with Gasteiger partial charge in [0.2, 0.25) is 0 Å². The first-order valence-corrected chi connectivity index (χ1v) is 8.88. The van der Waals surface area contributed by atoms with E-state index in [9.17, 15) is 0 Å². The van der Waals surface area contributed by atoms with Crippen molar-refractivity contribution in [2.45, 2.75) is 33.4 Å². The Morgan fingerprint density at radius 1 is 1.00 bits per heavy atom. The highest BCUT2D eigenvalue weighted by atomic mass is 15.1. The molecule has 0 saturated heterocycles. The Labute approximate surface area is 149 Å². The summed E-state index contributed by atoms with van der Waals surface area (Å²) in [6, 6.07) is 16.8. The van der Waals surface area contributed by atoms with Crippen molar-refractivity contribution in [3.63, 3.8) is 0 Å². The summed E-state index contributed by atoms with van der Waals surface area (Å²) in [5.74, 6) is 0.835. The van der Waals surface area contributed by atoms with E-state index in [4.69, 9.17) is 4.98 Å². The van der Waals surface area contributed by atoms with Crippen molar-refractivity contribution in [2.24, 2.45) is 0 Å². The summed E-state index contributed by atoms with van der Waals surface area (Å²) < 4.78 is 0. The topological polar surface area (TPSA) is 29.0 Å². The summed E-state index contributed by atoms with van der Waals surface area (Å²) in [6.07, 6.45) is 3.00. The molecular formula is C22H23N3. The zero-order valence-electron chi connectivity index (χ0n) is 14.9. The van der Waals surface area contributed by atoms with E-state index in [0.29, 0.717) is 0 Å². The van der Waals surface area contributed by atoms with E-state index in [-0.39, 0.29) is 0 Å². The van der Waals surface area contributed by atoms with Crippen molar-refractivity contribution in [3.8, 4) is 11.4 Å². The van der Waals surface area contributed by atoms with Crippen molar-refractivity contribution in [3.05, 3.63) is 82.7 Å². The summed E-state index contributed by atoms with van der Waals surface area (Å²) in [5, 5.41) is 0. The number of nitrogens with zero attached hydrogens (tertiary/aromatic N) is 3. The second-order valence-corrected chi connectivity index (χ2v) is 6.85. The fraction of sp³-hybridized carbons (Fsp3) is 0.273. The summed E-state index contributed by atoms with van der Waals surface area (Å²) in [4.78, 5) is 11.9. The number of aryl methyl sites for hydroxylation is 1. The van der Waals surface area contributed by atoms with Gasteiger partial charge in [-0.3, -0.25) is 4.90 Å². The zero-order chi connectivity index (χ0) is 17.2. The third kappa shape index (κ3) is 3.33. The van der Waals surface area contributed by atoms with Crippen LogP contribution in [0.5, 0.6) is 0 Å². The lowest BCUT2D eigenvalue weighted by molar-refractivity contribution is 0.242. The molecule has 0 radical (unpaired) electrons. The fourth-order valence-electron chi connectivity index (χ4n) is 3.46. The number of rotatable bonds is 3. The van der Waals surface area contributed by atoms with E-state index in [1.54, 1.807) is 0 Å². The van der Waals surface area contributed by atoms with E-state index >= 15 is 0 Å². The highest BCUT2D eigenvalue weighted by Crippen LogP contribution is 2.23. The van der Waals surface area contributed by atoms with Crippen molar-refractivity contribution < 1.29 is 0 Å². The summed E-state index contributed by atoms with van der Waals surface area (Å²) in [6.45, 7) is 7.37. The molecule has 1 aliphatic heterocycles. The van der Waals surface area contributed by atoms with Crippen LogP contribution in [0, 0.1) is 13.8 Å². The van der Waals surface area contributed by atoms with Crippen LogP contribution < -0.4 is 0 Å². The quantitative estimate of drug-likeness (QED) is 0.716.